The number of aryl methyl sites for hydroxylation is 3. The first-order valence-corrected chi connectivity index (χ1v) is 12.5. The summed E-state index contributed by atoms with van der Waals surface area (Å²) in [5.41, 5.74) is 7.07. The lowest BCUT2D eigenvalue weighted by Crippen LogP contribution is -2.51. The lowest BCUT2D eigenvalue weighted by molar-refractivity contribution is -0.123. The summed E-state index contributed by atoms with van der Waals surface area (Å²) >= 11 is 1.51. The molecular weight excluding hydrogens is 456 g/mol. The molecule has 1 atom stereocenters. The molecule has 1 unspecified atom stereocenters. The SMILES string of the molecule is Cc1ccc2c(c1)C1(SCCN1C(=O)Nc1ccc(C)c(C)c1)C(=O)N2Cc1cccc(C#N)c1. The van der Waals surface area contributed by atoms with Gasteiger partial charge in [-0.1, -0.05) is 35.9 Å². The number of carbonyl (C=O) groups is 2. The fraction of sp³-hybridized carbons (Fsp3) is 0.250. The van der Waals surface area contributed by atoms with Crippen molar-refractivity contribution in [2.24, 2.45) is 0 Å². The van der Waals surface area contributed by atoms with Crippen LogP contribution in [-0.2, 0) is 16.2 Å². The topological polar surface area (TPSA) is 76.4 Å². The molecule has 3 amide bonds. The van der Waals surface area contributed by atoms with E-state index in [2.05, 4.69) is 11.4 Å². The number of urea groups is 1. The second-order valence-corrected chi connectivity index (χ2v) is 10.4. The van der Waals surface area contributed by atoms with Gasteiger partial charge in [-0.25, -0.2) is 4.79 Å². The molecule has 7 heteroatoms. The summed E-state index contributed by atoms with van der Waals surface area (Å²) in [6, 6.07) is 21.0. The van der Waals surface area contributed by atoms with Crippen LogP contribution < -0.4 is 10.2 Å². The number of amides is 3. The maximum absolute atomic E-state index is 14.1. The summed E-state index contributed by atoms with van der Waals surface area (Å²) in [6.07, 6.45) is 0. The molecule has 3 aromatic rings. The van der Waals surface area contributed by atoms with Crippen LogP contribution in [-0.4, -0.2) is 29.1 Å². The van der Waals surface area contributed by atoms with Crippen molar-refractivity contribution in [3.05, 3.63) is 94.0 Å². The minimum absolute atomic E-state index is 0.127. The zero-order chi connectivity index (χ0) is 24.7. The van der Waals surface area contributed by atoms with Gasteiger partial charge in [0.2, 0.25) is 0 Å². The summed E-state index contributed by atoms with van der Waals surface area (Å²) < 4.78 is 0. The van der Waals surface area contributed by atoms with Gasteiger partial charge in [0.1, 0.15) is 0 Å². The molecule has 3 aromatic carbocycles. The van der Waals surface area contributed by atoms with Crippen LogP contribution in [0.2, 0.25) is 0 Å². The average molecular weight is 483 g/mol. The molecule has 0 bridgehead atoms. The zero-order valence-electron chi connectivity index (χ0n) is 20.0. The molecule has 6 nitrogen and oxygen atoms in total. The van der Waals surface area contributed by atoms with Gasteiger partial charge in [0.15, 0.2) is 4.87 Å². The Morgan fingerprint density at radius 3 is 2.69 bits per heavy atom. The van der Waals surface area contributed by atoms with Crippen LogP contribution in [0.3, 0.4) is 0 Å². The molecule has 1 saturated heterocycles. The van der Waals surface area contributed by atoms with Crippen LogP contribution in [0.5, 0.6) is 0 Å². The van der Waals surface area contributed by atoms with Crippen molar-refractivity contribution in [2.75, 3.05) is 22.5 Å². The molecule has 1 fully saturated rings. The molecule has 2 aliphatic rings. The van der Waals surface area contributed by atoms with Crippen molar-refractivity contribution in [3.8, 4) is 6.07 Å². The molecule has 176 valence electrons. The second kappa shape index (κ2) is 8.79. The van der Waals surface area contributed by atoms with Gasteiger partial charge in [0.05, 0.1) is 23.9 Å². The van der Waals surface area contributed by atoms with E-state index in [9.17, 15) is 14.9 Å². The highest BCUT2D eigenvalue weighted by molar-refractivity contribution is 8.01. The number of anilines is 2. The molecule has 0 aliphatic carbocycles. The van der Waals surface area contributed by atoms with Crippen LogP contribution in [0.15, 0.2) is 60.7 Å². The van der Waals surface area contributed by atoms with Crippen molar-refractivity contribution >= 4 is 35.1 Å². The predicted molar refractivity (Wildman–Crippen MR) is 139 cm³/mol. The van der Waals surface area contributed by atoms with E-state index in [1.807, 2.05) is 69.3 Å². The van der Waals surface area contributed by atoms with Crippen LogP contribution in [0.25, 0.3) is 0 Å². The fourth-order valence-electron chi connectivity index (χ4n) is 4.82. The van der Waals surface area contributed by atoms with E-state index in [1.165, 1.54) is 11.8 Å². The minimum atomic E-state index is -1.11. The van der Waals surface area contributed by atoms with Gasteiger partial charge in [-0.3, -0.25) is 9.69 Å². The maximum atomic E-state index is 14.1. The van der Waals surface area contributed by atoms with Gasteiger partial charge < -0.3 is 10.2 Å². The molecular formula is C28H26N4O2S. The Bertz CT molecular complexity index is 1400. The highest BCUT2D eigenvalue weighted by Gasteiger charge is 2.59. The van der Waals surface area contributed by atoms with E-state index in [-0.39, 0.29) is 11.9 Å². The Labute approximate surface area is 209 Å². The highest BCUT2D eigenvalue weighted by atomic mass is 32.2. The highest BCUT2D eigenvalue weighted by Crippen LogP contribution is 2.54. The Hall–Kier alpha value is -3.76. The van der Waals surface area contributed by atoms with Gasteiger partial charge in [-0.05, 0) is 67.8 Å². The number of fused-ring (bicyclic) bond motifs is 2. The monoisotopic (exact) mass is 482 g/mol. The van der Waals surface area contributed by atoms with Crippen molar-refractivity contribution in [1.82, 2.24) is 4.90 Å². The number of hydrogen-bond acceptors (Lipinski definition) is 4. The number of nitrogens with one attached hydrogen (secondary N) is 1. The standard InChI is InChI=1S/C28H26N4O2S/c1-18-7-10-25-24(13-18)28(26(33)31(25)17-22-6-4-5-21(15-22)16-29)32(11-12-35-28)27(34)30-23-9-8-19(2)20(3)14-23/h4-10,13-15H,11-12,17H2,1-3H3,(H,30,34). The Morgan fingerprint density at radius 2 is 1.91 bits per heavy atom. The number of carbonyl (C=O) groups excluding carboxylic acids is 2. The minimum Gasteiger partial charge on any atom is -0.308 e. The van der Waals surface area contributed by atoms with Crippen LogP contribution in [0, 0.1) is 32.1 Å². The lowest BCUT2D eigenvalue weighted by Gasteiger charge is -2.33. The molecule has 0 aromatic heterocycles. The molecule has 0 radical (unpaired) electrons. The van der Waals surface area contributed by atoms with E-state index in [1.54, 1.807) is 21.9 Å². The number of hydrogen-bond donors (Lipinski definition) is 1. The molecule has 1 spiro atoms. The quantitative estimate of drug-likeness (QED) is 0.538. The van der Waals surface area contributed by atoms with Gasteiger partial charge in [-0.2, -0.15) is 5.26 Å². The van der Waals surface area contributed by atoms with Crippen molar-refractivity contribution < 1.29 is 9.59 Å². The Kier molecular flexibility index (Phi) is 5.78. The number of benzene rings is 3. The maximum Gasteiger partial charge on any atom is 0.323 e. The van der Waals surface area contributed by atoms with Crippen LogP contribution in [0.4, 0.5) is 16.2 Å². The van der Waals surface area contributed by atoms with E-state index in [0.29, 0.717) is 30.1 Å². The number of rotatable bonds is 3. The summed E-state index contributed by atoms with van der Waals surface area (Å²) in [7, 11) is 0. The Morgan fingerprint density at radius 1 is 1.09 bits per heavy atom. The first-order valence-electron chi connectivity index (χ1n) is 11.6. The molecule has 2 heterocycles. The van der Waals surface area contributed by atoms with Gasteiger partial charge in [0, 0.05) is 23.5 Å². The zero-order valence-corrected chi connectivity index (χ0v) is 20.8. The predicted octanol–water partition coefficient (Wildman–Crippen LogP) is 5.46. The number of nitrogens with zero attached hydrogens (tertiary/aromatic N) is 3. The third-order valence-corrected chi connectivity index (χ3v) is 8.17. The van der Waals surface area contributed by atoms with E-state index in [4.69, 9.17) is 0 Å². The van der Waals surface area contributed by atoms with E-state index >= 15 is 0 Å². The smallest absolute Gasteiger partial charge is 0.308 e. The van der Waals surface area contributed by atoms with E-state index in [0.717, 1.165) is 33.5 Å². The normalized spacial score (nSPS) is 18.6. The first-order chi connectivity index (χ1) is 16.8. The molecule has 1 N–H and O–H groups in total. The van der Waals surface area contributed by atoms with Crippen molar-refractivity contribution in [1.29, 1.82) is 5.26 Å². The summed E-state index contributed by atoms with van der Waals surface area (Å²) in [6.45, 7) is 6.84. The largest absolute Gasteiger partial charge is 0.323 e. The van der Waals surface area contributed by atoms with Gasteiger partial charge >= 0.3 is 6.03 Å². The molecule has 35 heavy (non-hydrogen) atoms. The third kappa shape index (κ3) is 3.84. The number of nitriles is 1. The first kappa shape index (κ1) is 23.0. The fourth-order valence-corrected chi connectivity index (χ4v) is 6.27. The second-order valence-electron chi connectivity index (χ2n) is 9.10. The van der Waals surface area contributed by atoms with Gasteiger partial charge in [-0.15, -0.1) is 11.8 Å². The summed E-state index contributed by atoms with van der Waals surface area (Å²) in [5.74, 6) is 0.537. The number of thioether (sulfide) groups is 1. The molecule has 0 saturated carbocycles. The molecule has 2 aliphatic heterocycles. The summed E-state index contributed by atoms with van der Waals surface area (Å²) in [4.78, 5) is 30.0. The van der Waals surface area contributed by atoms with Crippen molar-refractivity contribution in [3.63, 3.8) is 0 Å². The van der Waals surface area contributed by atoms with Crippen LogP contribution in [0.1, 0.15) is 33.4 Å². The third-order valence-electron chi connectivity index (χ3n) is 6.75. The Balaban J connectivity index is 1.52. The average Bonchev–Trinajstić information content (AvgIpc) is 3.39. The lowest BCUT2D eigenvalue weighted by atomic mass is 10.0. The van der Waals surface area contributed by atoms with E-state index < -0.39 is 4.87 Å². The van der Waals surface area contributed by atoms with Crippen LogP contribution >= 0.6 is 11.8 Å². The van der Waals surface area contributed by atoms with Gasteiger partial charge in [0.25, 0.3) is 5.91 Å². The van der Waals surface area contributed by atoms with Crippen molar-refractivity contribution in [2.45, 2.75) is 32.2 Å². The molecule has 5 rings (SSSR count). The summed E-state index contributed by atoms with van der Waals surface area (Å²) in [5, 5.41) is 12.3.